The van der Waals surface area contributed by atoms with Gasteiger partial charge in [-0.05, 0) is 122 Å². The van der Waals surface area contributed by atoms with Crippen molar-refractivity contribution in [1.29, 1.82) is 0 Å². The minimum Gasteiger partial charge on any atom is -0.310 e. The van der Waals surface area contributed by atoms with Crippen LogP contribution in [0.25, 0.3) is 82.8 Å². The summed E-state index contributed by atoms with van der Waals surface area (Å²) in [5.74, 6) is 0. The van der Waals surface area contributed by atoms with Crippen molar-refractivity contribution in [2.75, 3.05) is 4.90 Å². The minimum absolute atomic E-state index is 0.104. The summed E-state index contributed by atoms with van der Waals surface area (Å²) < 4.78 is 2.41. The maximum absolute atomic E-state index is 2.41. The lowest BCUT2D eigenvalue weighted by Crippen LogP contribution is -2.16. The smallest absolute Gasteiger partial charge is 0.0541 e. The van der Waals surface area contributed by atoms with Crippen molar-refractivity contribution in [2.45, 2.75) is 19.3 Å². The van der Waals surface area contributed by atoms with Crippen LogP contribution in [-0.2, 0) is 5.41 Å². The van der Waals surface area contributed by atoms with Gasteiger partial charge in [0, 0.05) is 38.8 Å². The highest BCUT2D eigenvalue weighted by molar-refractivity contribution is 6.09. The second-order valence-electron chi connectivity index (χ2n) is 17.4. The molecule has 10 aromatic carbocycles. The van der Waals surface area contributed by atoms with Gasteiger partial charge in [0.05, 0.1) is 16.7 Å². The van der Waals surface area contributed by atoms with Crippen molar-refractivity contribution in [1.82, 2.24) is 4.57 Å². The summed E-state index contributed by atoms with van der Waals surface area (Å²) in [4.78, 5) is 2.40. The average Bonchev–Trinajstić information content (AvgIpc) is 3.80. The largest absolute Gasteiger partial charge is 0.310 e. The highest BCUT2D eigenvalue weighted by atomic mass is 15.1. The van der Waals surface area contributed by atoms with E-state index in [2.05, 4.69) is 254 Å². The Labute approximate surface area is 368 Å². The molecule has 0 fully saturated rings. The van der Waals surface area contributed by atoms with E-state index in [1.165, 1.54) is 93.9 Å². The summed E-state index contributed by atoms with van der Waals surface area (Å²) >= 11 is 0. The van der Waals surface area contributed by atoms with Crippen molar-refractivity contribution in [3.63, 3.8) is 0 Å². The summed E-state index contributed by atoms with van der Waals surface area (Å²) in [5.41, 5.74) is 19.4. The second-order valence-corrected chi connectivity index (χ2v) is 17.4. The average molecular weight is 805 g/mol. The Morgan fingerprint density at radius 2 is 0.810 bits per heavy atom. The summed E-state index contributed by atoms with van der Waals surface area (Å²) in [7, 11) is 0. The van der Waals surface area contributed by atoms with Gasteiger partial charge >= 0.3 is 0 Å². The molecule has 0 aliphatic heterocycles. The van der Waals surface area contributed by atoms with E-state index in [4.69, 9.17) is 0 Å². The quantitative estimate of drug-likeness (QED) is 0.156. The first-order valence-corrected chi connectivity index (χ1v) is 21.9. The number of hydrogen-bond donors (Lipinski definition) is 0. The van der Waals surface area contributed by atoms with Gasteiger partial charge in [0.1, 0.15) is 0 Å². The summed E-state index contributed by atoms with van der Waals surface area (Å²) in [6.45, 7) is 4.71. The lowest BCUT2D eigenvalue weighted by atomic mass is 9.82. The first-order valence-electron chi connectivity index (χ1n) is 21.9. The summed E-state index contributed by atoms with van der Waals surface area (Å²) in [5, 5.41) is 5.04. The van der Waals surface area contributed by atoms with Gasteiger partial charge in [0.15, 0.2) is 0 Å². The number of benzene rings is 10. The minimum atomic E-state index is -0.104. The predicted octanol–water partition coefficient (Wildman–Crippen LogP) is 16.7. The first kappa shape index (κ1) is 36.9. The molecule has 0 N–H and O–H groups in total. The van der Waals surface area contributed by atoms with Gasteiger partial charge in [0.25, 0.3) is 0 Å². The Kier molecular flexibility index (Phi) is 8.55. The summed E-state index contributed by atoms with van der Waals surface area (Å²) in [6, 6.07) is 84.6. The molecule has 0 spiro atoms. The van der Waals surface area contributed by atoms with E-state index >= 15 is 0 Å². The van der Waals surface area contributed by atoms with Crippen LogP contribution in [0.4, 0.5) is 17.1 Å². The Balaban J connectivity index is 0.901. The first-order chi connectivity index (χ1) is 31.0. The van der Waals surface area contributed by atoms with Crippen LogP contribution in [0, 0.1) is 0 Å². The topological polar surface area (TPSA) is 8.17 Å². The van der Waals surface area contributed by atoms with Crippen molar-refractivity contribution < 1.29 is 0 Å². The van der Waals surface area contributed by atoms with Crippen molar-refractivity contribution in [3.05, 3.63) is 242 Å². The fraction of sp³-hybridized carbons (Fsp3) is 0.0492. The third-order valence-corrected chi connectivity index (χ3v) is 13.4. The molecule has 1 aliphatic carbocycles. The SMILES string of the molecule is CC1(C)c2ccccc2-c2ccc(N(c3ccc(-c4ccc(-c5ccccc5-n5c6ccccc6c6ccccc65)cc4)cc3)c3ccc(-c4ccc5ccccc5c4)cc3)cc21. The zero-order chi connectivity index (χ0) is 42.1. The van der Waals surface area contributed by atoms with Crippen LogP contribution in [0.15, 0.2) is 231 Å². The van der Waals surface area contributed by atoms with E-state index in [0.29, 0.717) is 0 Å². The van der Waals surface area contributed by atoms with Crippen molar-refractivity contribution >= 4 is 49.6 Å². The van der Waals surface area contributed by atoms with Crippen LogP contribution in [0.2, 0.25) is 0 Å². The lowest BCUT2D eigenvalue weighted by molar-refractivity contribution is 0.660. The molecule has 2 nitrogen and oxygen atoms in total. The van der Waals surface area contributed by atoms with E-state index in [-0.39, 0.29) is 5.41 Å². The number of aromatic nitrogens is 1. The molecule has 0 bridgehead atoms. The van der Waals surface area contributed by atoms with Crippen LogP contribution < -0.4 is 4.90 Å². The molecule has 0 atom stereocenters. The molecule has 0 radical (unpaired) electrons. The number of anilines is 3. The molecule has 0 amide bonds. The standard InChI is InChI=1S/C61H44N2/c1-61(2)56-19-9-5-16-52(56)53-38-37-50(40-57(53)61)62(49-35-31-44(32-36-49)47-28-25-41-13-3-4-14-46(41)39-47)48-33-29-43(30-34-48)42-23-26-45(27-24-42)51-15-6-10-20-58(51)63-59-21-11-7-17-54(59)55-18-8-12-22-60(55)63/h3-40H,1-2H3. The highest BCUT2D eigenvalue weighted by Gasteiger charge is 2.35. The Morgan fingerprint density at radius 1 is 0.333 bits per heavy atom. The molecule has 63 heavy (non-hydrogen) atoms. The van der Waals surface area contributed by atoms with Crippen LogP contribution in [0.5, 0.6) is 0 Å². The number of rotatable bonds is 7. The Bertz CT molecular complexity index is 3460. The van der Waals surface area contributed by atoms with Gasteiger partial charge in [-0.3, -0.25) is 0 Å². The molecule has 1 aliphatic rings. The van der Waals surface area contributed by atoms with E-state index in [1.807, 2.05) is 0 Å². The van der Waals surface area contributed by atoms with Crippen LogP contribution in [0.3, 0.4) is 0 Å². The van der Waals surface area contributed by atoms with E-state index in [0.717, 1.165) is 17.1 Å². The zero-order valence-corrected chi connectivity index (χ0v) is 35.3. The highest BCUT2D eigenvalue weighted by Crippen LogP contribution is 2.51. The fourth-order valence-corrected chi connectivity index (χ4v) is 10.2. The number of para-hydroxylation sites is 3. The van der Waals surface area contributed by atoms with Gasteiger partial charge in [-0.2, -0.15) is 0 Å². The van der Waals surface area contributed by atoms with E-state index in [1.54, 1.807) is 0 Å². The third-order valence-electron chi connectivity index (χ3n) is 13.4. The predicted molar refractivity (Wildman–Crippen MR) is 267 cm³/mol. The number of fused-ring (bicyclic) bond motifs is 7. The summed E-state index contributed by atoms with van der Waals surface area (Å²) in [6.07, 6.45) is 0. The third kappa shape index (κ3) is 6.09. The van der Waals surface area contributed by atoms with E-state index in [9.17, 15) is 0 Å². The Hall–Kier alpha value is -7.94. The molecule has 0 saturated carbocycles. The maximum atomic E-state index is 2.41. The Morgan fingerprint density at radius 3 is 1.49 bits per heavy atom. The van der Waals surface area contributed by atoms with Gasteiger partial charge in [-0.15, -0.1) is 0 Å². The molecular weight excluding hydrogens is 761 g/mol. The van der Waals surface area contributed by atoms with Crippen LogP contribution in [-0.4, -0.2) is 4.57 Å². The normalized spacial score (nSPS) is 12.7. The van der Waals surface area contributed by atoms with Crippen LogP contribution >= 0.6 is 0 Å². The fourth-order valence-electron chi connectivity index (χ4n) is 10.2. The van der Waals surface area contributed by atoms with Crippen molar-refractivity contribution in [2.24, 2.45) is 0 Å². The molecule has 1 aromatic heterocycles. The van der Waals surface area contributed by atoms with Gasteiger partial charge < -0.3 is 9.47 Å². The number of hydrogen-bond acceptors (Lipinski definition) is 1. The molecule has 11 aromatic rings. The van der Waals surface area contributed by atoms with Gasteiger partial charge in [0.2, 0.25) is 0 Å². The van der Waals surface area contributed by atoms with Gasteiger partial charge in [-0.25, -0.2) is 0 Å². The zero-order valence-electron chi connectivity index (χ0n) is 35.3. The lowest BCUT2D eigenvalue weighted by Gasteiger charge is -2.28. The molecule has 12 rings (SSSR count). The maximum Gasteiger partial charge on any atom is 0.0541 e. The van der Waals surface area contributed by atoms with Crippen molar-refractivity contribution in [3.8, 4) is 50.2 Å². The molecule has 2 heteroatoms. The molecule has 0 unspecified atom stereocenters. The molecule has 1 heterocycles. The van der Waals surface area contributed by atoms with Crippen LogP contribution in [0.1, 0.15) is 25.0 Å². The van der Waals surface area contributed by atoms with Gasteiger partial charge in [-0.1, -0.05) is 184 Å². The monoisotopic (exact) mass is 804 g/mol. The number of nitrogens with zero attached hydrogens (tertiary/aromatic N) is 2. The van der Waals surface area contributed by atoms with E-state index < -0.39 is 0 Å². The second kappa shape index (κ2) is 14.6. The molecular formula is C61H44N2. The molecule has 0 saturated heterocycles. The molecule has 298 valence electrons.